The minimum Gasteiger partial charge on any atom is -0.481 e. The smallest absolute Gasteiger partial charge is 0.317 e. The summed E-state index contributed by atoms with van der Waals surface area (Å²) in [5.74, 6) is -0.479. The van der Waals surface area contributed by atoms with Gasteiger partial charge in [-0.3, -0.25) is 4.79 Å². The molecule has 1 atom stereocenters. The second kappa shape index (κ2) is 6.47. The number of amides is 2. The van der Waals surface area contributed by atoms with Crippen molar-refractivity contribution in [1.82, 2.24) is 10.2 Å². The lowest BCUT2D eigenvalue weighted by Crippen LogP contribution is -2.50. The van der Waals surface area contributed by atoms with Crippen LogP contribution in [0.4, 0.5) is 4.79 Å². The number of hydrogen-bond acceptors (Lipinski definition) is 2. The molecule has 0 aliphatic rings. The maximum absolute atomic E-state index is 11.8. The Morgan fingerprint density at radius 1 is 1.41 bits per heavy atom. The van der Waals surface area contributed by atoms with Gasteiger partial charge < -0.3 is 15.3 Å². The summed E-state index contributed by atoms with van der Waals surface area (Å²) >= 11 is 0. The fraction of sp³-hybridized carbons (Fsp3) is 0.833. The van der Waals surface area contributed by atoms with Crippen molar-refractivity contribution in [3.05, 3.63) is 0 Å². The van der Waals surface area contributed by atoms with Gasteiger partial charge in [0.15, 0.2) is 0 Å². The molecule has 0 rings (SSSR count). The Labute approximate surface area is 103 Å². The third kappa shape index (κ3) is 6.81. The molecule has 0 aliphatic heterocycles. The topological polar surface area (TPSA) is 69.6 Å². The summed E-state index contributed by atoms with van der Waals surface area (Å²) in [6.07, 6.45) is 0.923. The highest BCUT2D eigenvalue weighted by atomic mass is 16.4. The van der Waals surface area contributed by atoms with Gasteiger partial charge in [0.05, 0.1) is 6.42 Å². The van der Waals surface area contributed by atoms with Gasteiger partial charge in [-0.05, 0) is 19.8 Å². The predicted octanol–water partition coefficient (Wildman–Crippen LogP) is 1.93. The maximum atomic E-state index is 11.8. The number of hydrogen-bond donors (Lipinski definition) is 2. The van der Waals surface area contributed by atoms with Gasteiger partial charge in [-0.2, -0.15) is 0 Å². The number of carboxylic acid groups (broad SMARTS) is 1. The maximum Gasteiger partial charge on any atom is 0.317 e. The van der Waals surface area contributed by atoms with Crippen molar-refractivity contribution in [1.29, 1.82) is 0 Å². The van der Waals surface area contributed by atoms with E-state index in [2.05, 4.69) is 19.2 Å². The van der Waals surface area contributed by atoms with Gasteiger partial charge >= 0.3 is 12.0 Å². The standard InChI is InChI=1S/C12H24N2O3/c1-6-9(2)8-14(5)11(17)13-12(3,4)7-10(15)16/h9H,6-8H2,1-5H3,(H,13,17)(H,15,16). The average molecular weight is 244 g/mol. The zero-order valence-electron chi connectivity index (χ0n) is 11.4. The number of aliphatic carboxylic acids is 1. The lowest BCUT2D eigenvalue weighted by molar-refractivity contribution is -0.138. The second-order valence-electron chi connectivity index (χ2n) is 5.28. The van der Waals surface area contributed by atoms with Crippen molar-refractivity contribution in [3.8, 4) is 0 Å². The second-order valence-corrected chi connectivity index (χ2v) is 5.28. The van der Waals surface area contributed by atoms with Crippen molar-refractivity contribution in [3.63, 3.8) is 0 Å². The fourth-order valence-corrected chi connectivity index (χ4v) is 1.49. The van der Waals surface area contributed by atoms with Crippen LogP contribution >= 0.6 is 0 Å². The summed E-state index contributed by atoms with van der Waals surface area (Å²) in [4.78, 5) is 24.0. The van der Waals surface area contributed by atoms with Gasteiger partial charge in [-0.15, -0.1) is 0 Å². The first-order valence-corrected chi connectivity index (χ1v) is 5.93. The molecule has 1 unspecified atom stereocenters. The van der Waals surface area contributed by atoms with Gasteiger partial charge in [0.25, 0.3) is 0 Å². The highest BCUT2D eigenvalue weighted by Gasteiger charge is 2.25. The van der Waals surface area contributed by atoms with Crippen LogP contribution in [-0.4, -0.2) is 41.1 Å². The molecule has 2 N–H and O–H groups in total. The third-order valence-electron chi connectivity index (χ3n) is 2.67. The molecule has 0 spiro atoms. The van der Waals surface area contributed by atoms with Crippen LogP contribution in [0.15, 0.2) is 0 Å². The molecule has 5 heteroatoms. The van der Waals surface area contributed by atoms with E-state index in [9.17, 15) is 9.59 Å². The number of carbonyl (C=O) groups excluding carboxylic acids is 1. The number of urea groups is 1. The molecule has 0 aromatic heterocycles. The Morgan fingerprint density at radius 3 is 2.35 bits per heavy atom. The normalized spacial score (nSPS) is 13.0. The summed E-state index contributed by atoms with van der Waals surface area (Å²) in [5.41, 5.74) is -0.730. The van der Waals surface area contributed by atoms with Crippen LogP contribution in [0.2, 0.25) is 0 Å². The first kappa shape index (κ1) is 15.7. The van der Waals surface area contributed by atoms with E-state index in [1.54, 1.807) is 25.8 Å². The Morgan fingerprint density at radius 2 is 1.94 bits per heavy atom. The van der Waals surface area contributed by atoms with E-state index in [0.29, 0.717) is 12.5 Å². The van der Waals surface area contributed by atoms with Crippen LogP contribution in [0.25, 0.3) is 0 Å². The monoisotopic (exact) mass is 244 g/mol. The predicted molar refractivity (Wildman–Crippen MR) is 66.9 cm³/mol. The molecule has 0 aromatic carbocycles. The zero-order chi connectivity index (χ0) is 13.6. The van der Waals surface area contributed by atoms with Crippen LogP contribution < -0.4 is 5.32 Å². The Balaban J connectivity index is 4.28. The molecule has 0 saturated carbocycles. The highest BCUT2D eigenvalue weighted by Crippen LogP contribution is 2.09. The van der Waals surface area contributed by atoms with Crippen molar-refractivity contribution in [2.45, 2.75) is 46.1 Å². The van der Waals surface area contributed by atoms with Gasteiger partial charge in [-0.25, -0.2) is 4.79 Å². The molecular weight excluding hydrogens is 220 g/mol. The summed E-state index contributed by atoms with van der Waals surface area (Å²) < 4.78 is 0. The van der Waals surface area contributed by atoms with E-state index in [-0.39, 0.29) is 12.5 Å². The molecule has 2 amide bonds. The summed E-state index contributed by atoms with van der Waals surface area (Å²) in [5, 5.41) is 11.4. The first-order chi connectivity index (χ1) is 7.68. The van der Waals surface area contributed by atoms with Gasteiger partial charge in [0.2, 0.25) is 0 Å². The van der Waals surface area contributed by atoms with E-state index < -0.39 is 11.5 Å². The molecule has 0 bridgehead atoms. The fourth-order valence-electron chi connectivity index (χ4n) is 1.49. The van der Waals surface area contributed by atoms with Crippen LogP contribution in [-0.2, 0) is 4.79 Å². The quantitative estimate of drug-likeness (QED) is 0.750. The Kier molecular flexibility index (Phi) is 5.99. The highest BCUT2D eigenvalue weighted by molar-refractivity contribution is 5.76. The van der Waals surface area contributed by atoms with E-state index in [1.807, 2.05) is 0 Å². The molecule has 0 fully saturated rings. The minimum atomic E-state index is -0.917. The van der Waals surface area contributed by atoms with Gasteiger partial charge in [0.1, 0.15) is 0 Å². The number of nitrogens with one attached hydrogen (secondary N) is 1. The van der Waals surface area contributed by atoms with Crippen LogP contribution in [0.1, 0.15) is 40.5 Å². The summed E-state index contributed by atoms with van der Waals surface area (Å²) in [6.45, 7) is 8.23. The molecule has 0 aromatic rings. The lowest BCUT2D eigenvalue weighted by Gasteiger charge is -2.29. The van der Waals surface area contributed by atoms with Crippen molar-refractivity contribution < 1.29 is 14.7 Å². The van der Waals surface area contributed by atoms with Gasteiger partial charge in [-0.1, -0.05) is 20.3 Å². The zero-order valence-corrected chi connectivity index (χ0v) is 11.4. The number of carbonyl (C=O) groups is 2. The van der Waals surface area contributed by atoms with Crippen LogP contribution in [0, 0.1) is 5.92 Å². The Bertz CT molecular complexity index is 277. The molecule has 17 heavy (non-hydrogen) atoms. The molecule has 5 nitrogen and oxygen atoms in total. The molecule has 0 aliphatic carbocycles. The molecule has 0 saturated heterocycles. The summed E-state index contributed by atoms with van der Waals surface area (Å²) in [6, 6.07) is -0.225. The van der Waals surface area contributed by atoms with E-state index in [4.69, 9.17) is 5.11 Å². The molecule has 0 radical (unpaired) electrons. The van der Waals surface area contributed by atoms with Crippen LogP contribution in [0.5, 0.6) is 0 Å². The SMILES string of the molecule is CCC(C)CN(C)C(=O)NC(C)(C)CC(=O)O. The molecule has 0 heterocycles. The van der Waals surface area contributed by atoms with Crippen molar-refractivity contribution in [2.24, 2.45) is 5.92 Å². The third-order valence-corrected chi connectivity index (χ3v) is 2.67. The largest absolute Gasteiger partial charge is 0.481 e. The number of carboxylic acids is 1. The lowest BCUT2D eigenvalue weighted by atomic mass is 10.0. The van der Waals surface area contributed by atoms with E-state index in [1.165, 1.54) is 0 Å². The van der Waals surface area contributed by atoms with E-state index in [0.717, 1.165) is 6.42 Å². The number of nitrogens with zero attached hydrogens (tertiary/aromatic N) is 1. The number of rotatable bonds is 6. The minimum absolute atomic E-state index is 0.0874. The average Bonchev–Trinajstić information content (AvgIpc) is 2.14. The molecule has 100 valence electrons. The first-order valence-electron chi connectivity index (χ1n) is 5.93. The van der Waals surface area contributed by atoms with Crippen LogP contribution in [0.3, 0.4) is 0 Å². The van der Waals surface area contributed by atoms with Gasteiger partial charge in [0, 0.05) is 19.1 Å². The summed E-state index contributed by atoms with van der Waals surface area (Å²) in [7, 11) is 1.72. The Hall–Kier alpha value is -1.26. The van der Waals surface area contributed by atoms with Crippen molar-refractivity contribution >= 4 is 12.0 Å². The molecular formula is C12H24N2O3. The van der Waals surface area contributed by atoms with E-state index >= 15 is 0 Å². The van der Waals surface area contributed by atoms with Crippen molar-refractivity contribution in [2.75, 3.05) is 13.6 Å².